The zero-order valence-electron chi connectivity index (χ0n) is 10.1. The van der Waals surface area contributed by atoms with E-state index in [0.29, 0.717) is 11.8 Å². The average molecular weight is 230 g/mol. The van der Waals surface area contributed by atoms with Crippen molar-refractivity contribution in [3.8, 4) is 0 Å². The molecule has 0 aliphatic carbocycles. The Morgan fingerprint density at radius 1 is 0.933 bits per heavy atom. The molecule has 0 bridgehead atoms. The molecule has 0 spiro atoms. The summed E-state index contributed by atoms with van der Waals surface area (Å²) in [6.07, 6.45) is 5.41. The summed E-state index contributed by atoms with van der Waals surface area (Å²) >= 11 is 0. The Bertz CT molecular complexity index is 287. The molecular formula is C12H22O2S. The monoisotopic (exact) mass is 230 g/mol. The van der Waals surface area contributed by atoms with E-state index >= 15 is 0 Å². The van der Waals surface area contributed by atoms with Gasteiger partial charge in [-0.05, 0) is 11.8 Å². The van der Waals surface area contributed by atoms with Crippen LogP contribution in [0.1, 0.15) is 40.5 Å². The second-order valence-corrected chi connectivity index (χ2v) is 5.74. The summed E-state index contributed by atoms with van der Waals surface area (Å²) in [5.74, 6) is 0.633. The zero-order chi connectivity index (χ0) is 11.9. The first-order chi connectivity index (χ1) is 6.91. The minimum atomic E-state index is -3.15. The van der Waals surface area contributed by atoms with Crippen LogP contribution in [0.4, 0.5) is 0 Å². The van der Waals surface area contributed by atoms with Gasteiger partial charge in [0.1, 0.15) is 0 Å². The highest BCUT2D eigenvalue weighted by molar-refractivity contribution is 7.97. The van der Waals surface area contributed by atoms with Gasteiger partial charge in [-0.25, -0.2) is 8.42 Å². The van der Waals surface area contributed by atoms with Crippen LogP contribution in [0.2, 0.25) is 0 Å². The maximum atomic E-state index is 11.5. The number of allylic oxidation sites excluding steroid dienone is 2. The summed E-state index contributed by atoms with van der Waals surface area (Å²) in [5, 5.41) is 2.61. The van der Waals surface area contributed by atoms with Crippen LogP contribution in [0.25, 0.3) is 0 Å². The predicted octanol–water partition coefficient (Wildman–Crippen LogP) is 3.52. The maximum absolute atomic E-state index is 11.5. The topological polar surface area (TPSA) is 34.1 Å². The van der Waals surface area contributed by atoms with E-state index in [9.17, 15) is 8.42 Å². The van der Waals surface area contributed by atoms with Crippen molar-refractivity contribution < 1.29 is 8.42 Å². The molecule has 0 radical (unpaired) electrons. The van der Waals surface area contributed by atoms with E-state index in [1.165, 1.54) is 10.8 Å². The van der Waals surface area contributed by atoms with Crippen LogP contribution in [-0.2, 0) is 9.84 Å². The summed E-state index contributed by atoms with van der Waals surface area (Å²) in [7, 11) is -3.15. The van der Waals surface area contributed by atoms with Crippen LogP contribution in [0.3, 0.4) is 0 Å². The van der Waals surface area contributed by atoms with Gasteiger partial charge in [0, 0.05) is 10.8 Å². The average Bonchev–Trinajstić information content (AvgIpc) is 2.22. The lowest BCUT2D eigenvalue weighted by atomic mass is 10.1. The number of sulfone groups is 1. The summed E-state index contributed by atoms with van der Waals surface area (Å²) in [6.45, 7) is 8.09. The van der Waals surface area contributed by atoms with Crippen molar-refractivity contribution in [2.45, 2.75) is 40.5 Å². The minimum absolute atomic E-state index is 0.316. The molecule has 2 nitrogen and oxygen atoms in total. The molecule has 0 rings (SSSR count). The van der Waals surface area contributed by atoms with Gasteiger partial charge >= 0.3 is 0 Å². The SMILES string of the molecule is CCC(C)C=CS(=O)(=O)C=CC(C)CC. The number of hydrogen-bond acceptors (Lipinski definition) is 2. The van der Waals surface area contributed by atoms with Gasteiger partial charge in [-0.2, -0.15) is 0 Å². The van der Waals surface area contributed by atoms with Crippen LogP contribution in [0, 0.1) is 11.8 Å². The lowest BCUT2D eigenvalue weighted by Crippen LogP contribution is -1.93. The third-order valence-electron chi connectivity index (χ3n) is 2.48. The number of rotatable bonds is 6. The normalized spacial score (nSPS) is 17.3. The highest BCUT2D eigenvalue weighted by Gasteiger charge is 2.02. The number of hydrogen-bond donors (Lipinski definition) is 0. The van der Waals surface area contributed by atoms with Crippen molar-refractivity contribution in [2.24, 2.45) is 11.8 Å². The molecule has 0 saturated carbocycles. The van der Waals surface area contributed by atoms with Gasteiger partial charge in [0.15, 0.2) is 9.84 Å². The first-order valence-electron chi connectivity index (χ1n) is 5.52. The summed E-state index contributed by atoms with van der Waals surface area (Å²) in [6, 6.07) is 0. The highest BCUT2D eigenvalue weighted by atomic mass is 32.2. The molecule has 3 heteroatoms. The van der Waals surface area contributed by atoms with E-state index in [1.54, 1.807) is 12.2 Å². The quantitative estimate of drug-likeness (QED) is 0.699. The van der Waals surface area contributed by atoms with E-state index in [-0.39, 0.29) is 0 Å². The van der Waals surface area contributed by atoms with Crippen molar-refractivity contribution >= 4 is 9.84 Å². The Hall–Kier alpha value is -0.570. The smallest absolute Gasteiger partial charge is 0.192 e. The zero-order valence-corrected chi connectivity index (χ0v) is 10.9. The first kappa shape index (κ1) is 14.4. The summed E-state index contributed by atoms with van der Waals surface area (Å²) < 4.78 is 23.0. The summed E-state index contributed by atoms with van der Waals surface area (Å²) in [5.41, 5.74) is 0. The molecule has 0 aromatic heterocycles. The van der Waals surface area contributed by atoms with E-state index in [0.717, 1.165) is 12.8 Å². The molecule has 0 aliphatic rings. The van der Waals surface area contributed by atoms with Crippen LogP contribution in [0.15, 0.2) is 23.0 Å². The third kappa shape index (κ3) is 7.37. The largest absolute Gasteiger partial charge is 0.220 e. The Balaban J connectivity index is 4.44. The molecule has 0 aromatic rings. The van der Waals surface area contributed by atoms with E-state index in [4.69, 9.17) is 0 Å². The molecule has 0 aliphatic heterocycles. The Morgan fingerprint density at radius 3 is 1.53 bits per heavy atom. The molecule has 0 saturated heterocycles. The van der Waals surface area contributed by atoms with Gasteiger partial charge in [-0.1, -0.05) is 52.7 Å². The van der Waals surface area contributed by atoms with Crippen molar-refractivity contribution in [3.05, 3.63) is 23.0 Å². The van der Waals surface area contributed by atoms with Crippen LogP contribution in [-0.4, -0.2) is 8.42 Å². The Morgan fingerprint density at radius 2 is 1.27 bits per heavy atom. The van der Waals surface area contributed by atoms with Gasteiger partial charge in [0.05, 0.1) is 0 Å². The fourth-order valence-electron chi connectivity index (χ4n) is 0.805. The molecule has 2 unspecified atom stereocenters. The van der Waals surface area contributed by atoms with Crippen LogP contribution < -0.4 is 0 Å². The predicted molar refractivity (Wildman–Crippen MR) is 66.1 cm³/mol. The summed E-state index contributed by atoms with van der Waals surface area (Å²) in [4.78, 5) is 0. The Labute approximate surface area is 94.0 Å². The van der Waals surface area contributed by atoms with E-state index in [2.05, 4.69) is 0 Å². The van der Waals surface area contributed by atoms with Crippen molar-refractivity contribution in [1.29, 1.82) is 0 Å². The third-order valence-corrected chi connectivity index (χ3v) is 3.55. The molecule has 2 atom stereocenters. The highest BCUT2D eigenvalue weighted by Crippen LogP contribution is 2.08. The molecule has 88 valence electrons. The second kappa shape index (κ2) is 6.83. The molecule has 0 aromatic carbocycles. The van der Waals surface area contributed by atoms with Gasteiger partial charge in [0.2, 0.25) is 0 Å². The molecular weight excluding hydrogens is 208 g/mol. The fraction of sp³-hybridized carbons (Fsp3) is 0.667. The Kier molecular flexibility index (Phi) is 6.57. The van der Waals surface area contributed by atoms with Gasteiger partial charge in [-0.15, -0.1) is 0 Å². The lowest BCUT2D eigenvalue weighted by molar-refractivity contribution is 0.610. The minimum Gasteiger partial charge on any atom is -0.220 e. The molecule has 0 amide bonds. The fourth-order valence-corrected chi connectivity index (χ4v) is 1.87. The first-order valence-corrected chi connectivity index (χ1v) is 7.13. The molecule has 0 N–H and O–H groups in total. The molecule has 15 heavy (non-hydrogen) atoms. The van der Waals surface area contributed by atoms with Gasteiger partial charge in [0.25, 0.3) is 0 Å². The van der Waals surface area contributed by atoms with Gasteiger partial charge < -0.3 is 0 Å². The standard InChI is InChI=1S/C12H22O2S/c1-5-11(3)7-9-15(13,14)10-8-12(4)6-2/h7-12H,5-6H2,1-4H3. The molecule has 0 fully saturated rings. The van der Waals surface area contributed by atoms with Crippen molar-refractivity contribution in [3.63, 3.8) is 0 Å². The molecule has 0 heterocycles. The van der Waals surface area contributed by atoms with Crippen molar-refractivity contribution in [2.75, 3.05) is 0 Å². The van der Waals surface area contributed by atoms with Crippen molar-refractivity contribution in [1.82, 2.24) is 0 Å². The second-order valence-electron chi connectivity index (χ2n) is 4.02. The van der Waals surface area contributed by atoms with E-state index in [1.807, 2.05) is 27.7 Å². The van der Waals surface area contributed by atoms with Gasteiger partial charge in [-0.3, -0.25) is 0 Å². The van der Waals surface area contributed by atoms with Crippen LogP contribution in [0.5, 0.6) is 0 Å². The van der Waals surface area contributed by atoms with E-state index < -0.39 is 9.84 Å². The maximum Gasteiger partial charge on any atom is 0.192 e. The lowest BCUT2D eigenvalue weighted by Gasteiger charge is -2.00. The van der Waals surface area contributed by atoms with Crippen LogP contribution >= 0.6 is 0 Å².